The molecule has 0 aromatic rings. The first-order chi connectivity index (χ1) is 3.89. The zero-order chi connectivity index (χ0) is 5.82. The van der Waals surface area contributed by atoms with Gasteiger partial charge in [-0.1, -0.05) is 0 Å². The van der Waals surface area contributed by atoms with Crippen LogP contribution >= 0.6 is 0 Å². The van der Waals surface area contributed by atoms with E-state index in [1.54, 1.807) is 0 Å². The zero-order valence-corrected chi connectivity index (χ0v) is 5.41. The van der Waals surface area contributed by atoms with Gasteiger partial charge in [-0.3, -0.25) is 0 Å². The molecule has 0 spiro atoms. The van der Waals surface area contributed by atoms with E-state index in [1.165, 1.54) is 13.0 Å². The van der Waals surface area contributed by atoms with Crippen LogP contribution in [0.2, 0.25) is 0 Å². The number of nitrogens with one attached hydrogen (secondary N) is 2. The van der Waals surface area contributed by atoms with Gasteiger partial charge in [-0.2, -0.15) is 0 Å². The molecule has 48 valence electrons. The molecule has 1 fully saturated rings. The Morgan fingerprint density at radius 1 is 1.25 bits per heavy atom. The summed E-state index contributed by atoms with van der Waals surface area (Å²) < 4.78 is 0. The lowest BCUT2D eigenvalue weighted by Gasteiger charge is -2.05. The molecule has 0 aromatic carbocycles. The molecule has 0 bridgehead atoms. The molecule has 1 aliphatic rings. The quantitative estimate of drug-likeness (QED) is 0.461. The monoisotopic (exact) mass is 114 g/mol. The van der Waals surface area contributed by atoms with Crippen LogP contribution < -0.4 is 10.6 Å². The van der Waals surface area contributed by atoms with E-state index in [4.69, 9.17) is 0 Å². The van der Waals surface area contributed by atoms with E-state index < -0.39 is 0 Å². The fourth-order valence-electron chi connectivity index (χ4n) is 0.953. The van der Waals surface area contributed by atoms with Crippen molar-refractivity contribution in [3.05, 3.63) is 0 Å². The first kappa shape index (κ1) is 6.05. The first-order valence-electron chi connectivity index (χ1n) is 3.33. The summed E-state index contributed by atoms with van der Waals surface area (Å²) in [7, 11) is 0. The minimum atomic E-state index is 0.713. The molecule has 2 nitrogen and oxygen atoms in total. The van der Waals surface area contributed by atoms with Crippen molar-refractivity contribution < 1.29 is 0 Å². The Labute approximate surface area is 50.7 Å². The van der Waals surface area contributed by atoms with Gasteiger partial charge in [-0.25, -0.2) is 0 Å². The highest BCUT2D eigenvalue weighted by Crippen LogP contribution is 1.89. The van der Waals surface area contributed by atoms with E-state index in [0.29, 0.717) is 6.04 Å². The molecule has 0 radical (unpaired) electrons. The summed E-state index contributed by atoms with van der Waals surface area (Å²) in [6, 6.07) is 0.713. The molecular formula is C6H14N2. The van der Waals surface area contributed by atoms with Gasteiger partial charge >= 0.3 is 0 Å². The fraction of sp³-hybridized carbons (Fsp3) is 1.00. The van der Waals surface area contributed by atoms with E-state index in [0.717, 1.165) is 13.1 Å². The molecule has 1 saturated heterocycles. The highest BCUT2D eigenvalue weighted by molar-refractivity contribution is 4.67. The van der Waals surface area contributed by atoms with Crippen LogP contribution in [0.3, 0.4) is 0 Å². The molecule has 1 aliphatic heterocycles. The van der Waals surface area contributed by atoms with E-state index >= 15 is 0 Å². The predicted molar refractivity (Wildman–Crippen MR) is 35.0 cm³/mol. The number of hydrogen-bond acceptors (Lipinski definition) is 2. The van der Waals surface area contributed by atoms with Gasteiger partial charge in [0.05, 0.1) is 0 Å². The van der Waals surface area contributed by atoms with Crippen molar-refractivity contribution in [3.8, 4) is 0 Å². The molecule has 1 atom stereocenters. The van der Waals surface area contributed by atoms with Gasteiger partial charge in [0.25, 0.3) is 0 Å². The summed E-state index contributed by atoms with van der Waals surface area (Å²) in [4.78, 5) is 0. The fourth-order valence-corrected chi connectivity index (χ4v) is 0.953. The van der Waals surface area contributed by atoms with Crippen molar-refractivity contribution in [3.63, 3.8) is 0 Å². The Bertz CT molecular complexity index is 55.5. The Morgan fingerprint density at radius 2 is 2.12 bits per heavy atom. The maximum Gasteiger partial charge on any atom is 0.00792 e. The lowest BCUT2D eigenvalue weighted by Crippen LogP contribution is -2.26. The van der Waals surface area contributed by atoms with Crippen LogP contribution in [0.4, 0.5) is 0 Å². The van der Waals surface area contributed by atoms with Gasteiger partial charge in [0.2, 0.25) is 0 Å². The van der Waals surface area contributed by atoms with E-state index in [1.807, 2.05) is 0 Å². The minimum absolute atomic E-state index is 0.713. The number of hydrogen-bond donors (Lipinski definition) is 2. The second-order valence-electron chi connectivity index (χ2n) is 2.39. The molecule has 0 aromatic heterocycles. The van der Waals surface area contributed by atoms with Gasteiger partial charge in [-0.15, -0.1) is 0 Å². The Balaban J connectivity index is 2.17. The van der Waals surface area contributed by atoms with Crippen LogP contribution in [0.15, 0.2) is 0 Å². The van der Waals surface area contributed by atoms with E-state index in [9.17, 15) is 0 Å². The molecule has 1 heterocycles. The molecule has 0 saturated carbocycles. The second kappa shape index (κ2) is 3.05. The maximum atomic E-state index is 3.38. The maximum absolute atomic E-state index is 3.38. The summed E-state index contributed by atoms with van der Waals surface area (Å²) in [5, 5.41) is 6.70. The highest BCUT2D eigenvalue weighted by Gasteiger charge is 2.02. The lowest BCUT2D eigenvalue weighted by molar-refractivity contribution is 0.565. The van der Waals surface area contributed by atoms with Crippen LogP contribution in [-0.4, -0.2) is 25.7 Å². The topological polar surface area (TPSA) is 24.1 Å². The van der Waals surface area contributed by atoms with Crippen LogP contribution in [-0.2, 0) is 0 Å². The summed E-state index contributed by atoms with van der Waals surface area (Å²) in [6.07, 6.45) is 1.26. The molecule has 0 amide bonds. The Kier molecular flexibility index (Phi) is 2.30. The minimum Gasteiger partial charge on any atom is -0.315 e. The third-order valence-corrected chi connectivity index (χ3v) is 1.55. The lowest BCUT2D eigenvalue weighted by atomic mass is 10.2. The van der Waals surface area contributed by atoms with Crippen molar-refractivity contribution in [2.45, 2.75) is 19.4 Å². The van der Waals surface area contributed by atoms with Crippen LogP contribution in [0.5, 0.6) is 0 Å². The average Bonchev–Trinajstić information content (AvgIpc) is 1.94. The average molecular weight is 114 g/mol. The summed E-state index contributed by atoms with van der Waals surface area (Å²) in [5.74, 6) is 0. The standard InChI is InChI=1S/C6H14N2/c1-6-2-3-7-4-5-8-6/h6-8H,2-5H2,1H3/t6-/m0/s1. The van der Waals surface area contributed by atoms with Gasteiger partial charge in [0, 0.05) is 19.1 Å². The van der Waals surface area contributed by atoms with Crippen LogP contribution in [0.25, 0.3) is 0 Å². The van der Waals surface area contributed by atoms with E-state index in [-0.39, 0.29) is 0 Å². The normalized spacial score (nSPS) is 31.9. The van der Waals surface area contributed by atoms with Crippen molar-refractivity contribution in [2.75, 3.05) is 19.6 Å². The zero-order valence-electron chi connectivity index (χ0n) is 5.41. The van der Waals surface area contributed by atoms with Crippen molar-refractivity contribution >= 4 is 0 Å². The molecule has 0 aliphatic carbocycles. The van der Waals surface area contributed by atoms with Crippen molar-refractivity contribution in [2.24, 2.45) is 0 Å². The second-order valence-corrected chi connectivity index (χ2v) is 2.39. The van der Waals surface area contributed by atoms with Gasteiger partial charge in [0.1, 0.15) is 0 Å². The van der Waals surface area contributed by atoms with Gasteiger partial charge in [-0.05, 0) is 19.9 Å². The Morgan fingerprint density at radius 3 is 3.00 bits per heavy atom. The third kappa shape index (κ3) is 1.80. The first-order valence-corrected chi connectivity index (χ1v) is 3.33. The smallest absolute Gasteiger partial charge is 0.00792 e. The van der Waals surface area contributed by atoms with Gasteiger partial charge < -0.3 is 10.6 Å². The van der Waals surface area contributed by atoms with Crippen LogP contribution in [0.1, 0.15) is 13.3 Å². The number of rotatable bonds is 0. The molecule has 8 heavy (non-hydrogen) atoms. The molecular weight excluding hydrogens is 100 g/mol. The van der Waals surface area contributed by atoms with Crippen molar-refractivity contribution in [1.82, 2.24) is 10.6 Å². The predicted octanol–water partition coefficient (Wildman–Crippen LogP) is -0.0422. The summed E-state index contributed by atoms with van der Waals surface area (Å²) >= 11 is 0. The Hall–Kier alpha value is -0.0800. The molecule has 1 rings (SSSR count). The molecule has 0 unspecified atom stereocenters. The van der Waals surface area contributed by atoms with Crippen molar-refractivity contribution in [1.29, 1.82) is 0 Å². The highest BCUT2D eigenvalue weighted by atomic mass is 15.0. The summed E-state index contributed by atoms with van der Waals surface area (Å²) in [6.45, 7) is 5.66. The summed E-state index contributed by atoms with van der Waals surface area (Å²) in [5.41, 5.74) is 0. The SMILES string of the molecule is C[C@H]1CCNCCN1. The molecule has 2 heteroatoms. The van der Waals surface area contributed by atoms with E-state index in [2.05, 4.69) is 17.6 Å². The van der Waals surface area contributed by atoms with Gasteiger partial charge in [0.15, 0.2) is 0 Å². The third-order valence-electron chi connectivity index (χ3n) is 1.55. The van der Waals surface area contributed by atoms with Crippen LogP contribution in [0, 0.1) is 0 Å². The largest absolute Gasteiger partial charge is 0.315 e. The molecule has 2 N–H and O–H groups in total.